The lowest BCUT2D eigenvalue weighted by Gasteiger charge is -2.04. The van der Waals surface area contributed by atoms with Gasteiger partial charge in [-0.1, -0.05) is 144 Å². The highest BCUT2D eigenvalue weighted by Gasteiger charge is 1.96. The van der Waals surface area contributed by atoms with Crippen LogP contribution in [0.2, 0.25) is 0 Å². The van der Waals surface area contributed by atoms with Crippen LogP contribution in [0.3, 0.4) is 0 Å². The third-order valence-electron chi connectivity index (χ3n) is 5.73. The highest BCUT2D eigenvalue weighted by Crippen LogP contribution is 2.16. The average Bonchev–Trinajstić information content (AvgIpc) is 2.68. The summed E-state index contributed by atoms with van der Waals surface area (Å²) < 4.78 is 1.18. The summed E-state index contributed by atoms with van der Waals surface area (Å²) >= 11 is 3.50. The molecule has 1 rings (SSSR count). The lowest BCUT2D eigenvalue weighted by atomic mass is 10.0. The Morgan fingerprint density at radius 2 is 0.815 bits per heavy atom. The first-order chi connectivity index (χ1) is 13.3. The van der Waals surface area contributed by atoms with Gasteiger partial charge in [-0.05, 0) is 30.5 Å². The molecule has 0 aliphatic rings. The summed E-state index contributed by atoms with van der Waals surface area (Å²) in [5.41, 5.74) is 1.48. The highest BCUT2D eigenvalue weighted by atomic mass is 79.9. The van der Waals surface area contributed by atoms with Crippen LogP contribution in [0.15, 0.2) is 28.7 Å². The molecule has 1 aromatic rings. The fourth-order valence-corrected chi connectivity index (χ4v) is 4.15. The minimum atomic E-state index is 1.18. The second kappa shape index (κ2) is 19.0. The quantitative estimate of drug-likeness (QED) is 0.189. The summed E-state index contributed by atoms with van der Waals surface area (Å²) in [6, 6.07) is 8.81. The van der Waals surface area contributed by atoms with E-state index in [9.17, 15) is 0 Å². The minimum Gasteiger partial charge on any atom is -0.0654 e. The average molecular weight is 438 g/mol. The molecule has 0 saturated carbocycles. The fourth-order valence-electron chi connectivity index (χ4n) is 3.88. The van der Waals surface area contributed by atoms with Crippen LogP contribution in [0.4, 0.5) is 0 Å². The van der Waals surface area contributed by atoms with Gasteiger partial charge in [-0.2, -0.15) is 0 Å². The first-order valence-electron chi connectivity index (χ1n) is 12.1. The van der Waals surface area contributed by atoms with Crippen LogP contribution in [0, 0.1) is 0 Å². The van der Waals surface area contributed by atoms with Crippen molar-refractivity contribution in [3.8, 4) is 0 Å². The Kier molecular flexibility index (Phi) is 17.4. The van der Waals surface area contributed by atoms with Gasteiger partial charge in [0.2, 0.25) is 0 Å². The van der Waals surface area contributed by atoms with E-state index in [1.54, 1.807) is 0 Å². The van der Waals surface area contributed by atoms with E-state index >= 15 is 0 Å². The minimum absolute atomic E-state index is 1.18. The Balaban J connectivity index is 1.71. The molecule has 0 amide bonds. The van der Waals surface area contributed by atoms with Gasteiger partial charge in [-0.25, -0.2) is 0 Å². The van der Waals surface area contributed by atoms with Crippen molar-refractivity contribution in [1.29, 1.82) is 0 Å². The van der Waals surface area contributed by atoms with Crippen molar-refractivity contribution in [2.24, 2.45) is 0 Å². The Labute approximate surface area is 179 Å². The largest absolute Gasteiger partial charge is 0.0654 e. The number of halogens is 1. The molecule has 0 aromatic heterocycles. The molecule has 0 nitrogen and oxygen atoms in total. The second-order valence-electron chi connectivity index (χ2n) is 8.39. The van der Waals surface area contributed by atoms with E-state index in [4.69, 9.17) is 0 Å². The molecule has 0 aliphatic heterocycles. The van der Waals surface area contributed by atoms with Crippen molar-refractivity contribution in [3.05, 3.63) is 34.3 Å². The fraction of sp³-hybridized carbons (Fsp3) is 0.769. The van der Waals surface area contributed by atoms with E-state index in [-0.39, 0.29) is 0 Å². The summed E-state index contributed by atoms with van der Waals surface area (Å²) in [5, 5.41) is 0. The molecule has 0 heterocycles. The van der Waals surface area contributed by atoms with Crippen LogP contribution in [-0.4, -0.2) is 0 Å². The van der Waals surface area contributed by atoms with Crippen LogP contribution >= 0.6 is 15.9 Å². The van der Waals surface area contributed by atoms with E-state index in [0.717, 1.165) is 0 Å². The Hall–Kier alpha value is -0.300. The van der Waals surface area contributed by atoms with E-state index < -0.39 is 0 Å². The molecule has 0 atom stereocenters. The van der Waals surface area contributed by atoms with E-state index in [1.165, 1.54) is 132 Å². The zero-order chi connectivity index (χ0) is 19.4. The zero-order valence-corrected chi connectivity index (χ0v) is 19.7. The summed E-state index contributed by atoms with van der Waals surface area (Å²) in [7, 11) is 0. The molecule has 0 radical (unpaired) electrons. The van der Waals surface area contributed by atoms with Crippen molar-refractivity contribution >= 4 is 15.9 Å². The lowest BCUT2D eigenvalue weighted by Crippen LogP contribution is -1.86. The maximum Gasteiger partial charge on any atom is 0.0175 e. The molecule has 0 aliphatic carbocycles. The van der Waals surface area contributed by atoms with Crippen LogP contribution in [-0.2, 0) is 6.42 Å². The summed E-state index contributed by atoms with van der Waals surface area (Å²) in [6.07, 6.45) is 27.3. The Morgan fingerprint density at radius 1 is 0.481 bits per heavy atom. The van der Waals surface area contributed by atoms with E-state index in [1.807, 2.05) is 0 Å². The van der Waals surface area contributed by atoms with Crippen LogP contribution in [0.1, 0.15) is 128 Å². The van der Waals surface area contributed by atoms with Crippen LogP contribution in [0.5, 0.6) is 0 Å². The Morgan fingerprint density at radius 3 is 1.19 bits per heavy atom. The number of unbranched alkanes of at least 4 members (excludes halogenated alkanes) is 17. The predicted molar refractivity (Wildman–Crippen MR) is 127 cm³/mol. The molecule has 0 bridgehead atoms. The maximum absolute atomic E-state index is 3.50. The molecular weight excluding hydrogens is 392 g/mol. The van der Waals surface area contributed by atoms with Gasteiger partial charge in [0.1, 0.15) is 0 Å². The zero-order valence-electron chi connectivity index (χ0n) is 18.1. The van der Waals surface area contributed by atoms with Crippen LogP contribution < -0.4 is 0 Å². The van der Waals surface area contributed by atoms with Gasteiger partial charge < -0.3 is 0 Å². The maximum atomic E-state index is 3.50. The SMILES string of the molecule is CCCCCCCCCCCCCCCCCCCCc1ccc(Br)cc1. The molecular formula is C26H45Br. The highest BCUT2D eigenvalue weighted by molar-refractivity contribution is 9.10. The lowest BCUT2D eigenvalue weighted by molar-refractivity contribution is 0.525. The first kappa shape index (κ1) is 24.7. The topological polar surface area (TPSA) is 0 Å². The van der Waals surface area contributed by atoms with E-state index in [0.29, 0.717) is 0 Å². The van der Waals surface area contributed by atoms with Gasteiger partial charge in [0.05, 0.1) is 0 Å². The number of benzene rings is 1. The number of hydrogen-bond acceptors (Lipinski definition) is 0. The standard InChI is InChI=1S/C26H45Br/c1-2-3-4-5-6-7-8-9-10-11-12-13-14-15-16-17-18-19-20-25-21-23-26(27)24-22-25/h21-24H,2-20H2,1H3. The van der Waals surface area contributed by atoms with Crippen LogP contribution in [0.25, 0.3) is 0 Å². The normalized spacial score (nSPS) is 11.2. The molecule has 1 heteroatoms. The molecule has 0 N–H and O–H groups in total. The molecule has 0 fully saturated rings. The van der Waals surface area contributed by atoms with Crippen molar-refractivity contribution in [1.82, 2.24) is 0 Å². The third-order valence-corrected chi connectivity index (χ3v) is 6.26. The predicted octanol–water partition coefficient (Wildman–Crippen LogP) is 10.0. The first-order valence-corrected chi connectivity index (χ1v) is 12.9. The van der Waals surface area contributed by atoms with Crippen molar-refractivity contribution in [2.75, 3.05) is 0 Å². The number of aryl methyl sites for hydroxylation is 1. The summed E-state index contributed by atoms with van der Waals surface area (Å²) in [5.74, 6) is 0. The molecule has 156 valence electrons. The monoisotopic (exact) mass is 436 g/mol. The molecule has 0 unspecified atom stereocenters. The van der Waals surface area contributed by atoms with Gasteiger partial charge in [0.15, 0.2) is 0 Å². The molecule has 0 spiro atoms. The van der Waals surface area contributed by atoms with Crippen molar-refractivity contribution in [2.45, 2.75) is 129 Å². The number of hydrogen-bond donors (Lipinski definition) is 0. The van der Waals surface area contributed by atoms with Gasteiger partial charge in [0, 0.05) is 4.47 Å². The summed E-state index contributed by atoms with van der Waals surface area (Å²) in [4.78, 5) is 0. The molecule has 27 heavy (non-hydrogen) atoms. The third kappa shape index (κ3) is 16.4. The van der Waals surface area contributed by atoms with Crippen molar-refractivity contribution in [3.63, 3.8) is 0 Å². The van der Waals surface area contributed by atoms with Gasteiger partial charge >= 0.3 is 0 Å². The van der Waals surface area contributed by atoms with Gasteiger partial charge in [-0.15, -0.1) is 0 Å². The Bertz CT molecular complexity index is 409. The molecule has 1 aromatic carbocycles. The van der Waals surface area contributed by atoms with Gasteiger partial charge in [-0.3, -0.25) is 0 Å². The van der Waals surface area contributed by atoms with Gasteiger partial charge in [0.25, 0.3) is 0 Å². The number of rotatable bonds is 19. The summed E-state index contributed by atoms with van der Waals surface area (Å²) in [6.45, 7) is 2.30. The smallest absolute Gasteiger partial charge is 0.0175 e. The molecule has 0 saturated heterocycles. The van der Waals surface area contributed by atoms with E-state index in [2.05, 4.69) is 47.1 Å². The second-order valence-corrected chi connectivity index (χ2v) is 9.30. The van der Waals surface area contributed by atoms with Crippen molar-refractivity contribution < 1.29 is 0 Å².